The van der Waals surface area contributed by atoms with Crippen molar-refractivity contribution in [2.75, 3.05) is 39.3 Å². The largest absolute Gasteiger partial charge is 0.481 e. The van der Waals surface area contributed by atoms with Crippen molar-refractivity contribution >= 4 is 12.0 Å². The summed E-state index contributed by atoms with van der Waals surface area (Å²) in [6, 6.07) is 0.791. The molecule has 3 aliphatic rings. The molecule has 106 valence electrons. The maximum atomic E-state index is 12.3. The minimum absolute atomic E-state index is 0.0270. The SMILES string of the molecule is O=C(O)C1CCN(C(=O)N2CCN(C3CC3)CC2)C1. The van der Waals surface area contributed by atoms with Crippen molar-refractivity contribution in [3.8, 4) is 0 Å². The summed E-state index contributed by atoms with van der Waals surface area (Å²) >= 11 is 0. The molecule has 6 nitrogen and oxygen atoms in total. The van der Waals surface area contributed by atoms with Crippen molar-refractivity contribution in [3.05, 3.63) is 0 Å². The van der Waals surface area contributed by atoms with Crippen molar-refractivity contribution in [1.29, 1.82) is 0 Å². The first-order valence-electron chi connectivity index (χ1n) is 7.16. The predicted octanol–water partition coefficient (Wildman–Crippen LogP) is 0.293. The molecule has 1 unspecified atom stereocenters. The molecular formula is C13H21N3O3. The van der Waals surface area contributed by atoms with E-state index in [9.17, 15) is 9.59 Å². The number of hydrogen-bond acceptors (Lipinski definition) is 3. The smallest absolute Gasteiger partial charge is 0.320 e. The first kappa shape index (κ1) is 12.7. The van der Waals surface area contributed by atoms with E-state index in [1.165, 1.54) is 12.8 Å². The Labute approximate surface area is 112 Å². The average molecular weight is 267 g/mol. The minimum atomic E-state index is -0.783. The number of nitrogens with zero attached hydrogens (tertiary/aromatic N) is 3. The Hall–Kier alpha value is -1.30. The molecule has 2 saturated heterocycles. The van der Waals surface area contributed by atoms with Gasteiger partial charge in [0.1, 0.15) is 0 Å². The zero-order valence-corrected chi connectivity index (χ0v) is 11.1. The van der Waals surface area contributed by atoms with Crippen LogP contribution in [0.4, 0.5) is 4.79 Å². The molecule has 1 saturated carbocycles. The first-order valence-corrected chi connectivity index (χ1v) is 7.16. The second kappa shape index (κ2) is 5.00. The number of aliphatic carboxylic acids is 1. The summed E-state index contributed by atoms with van der Waals surface area (Å²) in [5, 5.41) is 8.97. The lowest BCUT2D eigenvalue weighted by Crippen LogP contribution is -2.52. The number of rotatable bonds is 2. The number of carboxylic acid groups (broad SMARTS) is 1. The lowest BCUT2D eigenvalue weighted by Gasteiger charge is -2.36. The van der Waals surface area contributed by atoms with Gasteiger partial charge in [-0.25, -0.2) is 4.79 Å². The van der Waals surface area contributed by atoms with E-state index in [0.29, 0.717) is 19.5 Å². The van der Waals surface area contributed by atoms with Crippen LogP contribution in [0.1, 0.15) is 19.3 Å². The van der Waals surface area contributed by atoms with Crippen molar-refractivity contribution in [2.45, 2.75) is 25.3 Å². The molecule has 2 heterocycles. The van der Waals surface area contributed by atoms with Gasteiger partial charge < -0.3 is 14.9 Å². The molecule has 0 radical (unpaired) electrons. The van der Waals surface area contributed by atoms with Gasteiger partial charge in [0.05, 0.1) is 5.92 Å². The molecule has 1 atom stereocenters. The van der Waals surface area contributed by atoms with E-state index in [2.05, 4.69) is 4.90 Å². The Kier molecular flexibility index (Phi) is 3.35. The summed E-state index contributed by atoms with van der Waals surface area (Å²) in [5.74, 6) is -1.16. The molecule has 2 aliphatic heterocycles. The Bertz CT molecular complexity index is 375. The van der Waals surface area contributed by atoms with Crippen molar-refractivity contribution in [2.24, 2.45) is 5.92 Å². The fourth-order valence-corrected chi connectivity index (χ4v) is 3.05. The predicted molar refractivity (Wildman–Crippen MR) is 68.9 cm³/mol. The zero-order valence-electron chi connectivity index (χ0n) is 11.1. The number of urea groups is 1. The highest BCUT2D eigenvalue weighted by molar-refractivity contribution is 5.77. The van der Waals surface area contributed by atoms with Gasteiger partial charge in [0.25, 0.3) is 0 Å². The van der Waals surface area contributed by atoms with Crippen LogP contribution in [0.25, 0.3) is 0 Å². The molecule has 0 aromatic heterocycles. The Morgan fingerprint density at radius 1 is 0.895 bits per heavy atom. The van der Waals surface area contributed by atoms with E-state index in [4.69, 9.17) is 5.11 Å². The van der Waals surface area contributed by atoms with E-state index in [-0.39, 0.29) is 11.9 Å². The first-order chi connectivity index (χ1) is 9.15. The summed E-state index contributed by atoms with van der Waals surface area (Å²) in [6.07, 6.45) is 3.20. The normalized spacial score (nSPS) is 28.7. The van der Waals surface area contributed by atoms with Crippen molar-refractivity contribution in [1.82, 2.24) is 14.7 Å². The van der Waals surface area contributed by atoms with Gasteiger partial charge in [-0.15, -0.1) is 0 Å². The standard InChI is InChI=1S/C13H21N3O3/c17-12(18)10-3-4-16(9-10)13(19)15-7-5-14(6-8-15)11-1-2-11/h10-11H,1-9H2,(H,17,18). The molecular weight excluding hydrogens is 246 g/mol. The molecule has 0 aromatic rings. The van der Waals surface area contributed by atoms with Gasteiger partial charge in [0.15, 0.2) is 0 Å². The fourth-order valence-electron chi connectivity index (χ4n) is 3.05. The summed E-state index contributed by atoms with van der Waals surface area (Å²) in [7, 11) is 0. The van der Waals surface area contributed by atoms with Crippen LogP contribution >= 0.6 is 0 Å². The summed E-state index contributed by atoms with van der Waals surface area (Å²) in [6.45, 7) is 4.45. The van der Waals surface area contributed by atoms with E-state index in [1.54, 1.807) is 4.90 Å². The van der Waals surface area contributed by atoms with Crippen LogP contribution in [0, 0.1) is 5.92 Å². The third kappa shape index (κ3) is 2.68. The van der Waals surface area contributed by atoms with Gasteiger partial charge >= 0.3 is 12.0 Å². The van der Waals surface area contributed by atoms with Gasteiger partial charge in [-0.05, 0) is 19.3 Å². The lowest BCUT2D eigenvalue weighted by molar-refractivity contribution is -0.141. The maximum absolute atomic E-state index is 12.3. The molecule has 19 heavy (non-hydrogen) atoms. The number of likely N-dealkylation sites (tertiary alicyclic amines) is 1. The molecule has 1 N–H and O–H groups in total. The van der Waals surface area contributed by atoms with E-state index in [1.807, 2.05) is 4.90 Å². The van der Waals surface area contributed by atoms with Gasteiger partial charge in [0, 0.05) is 45.3 Å². The number of hydrogen-bond donors (Lipinski definition) is 1. The molecule has 2 amide bonds. The Morgan fingerprint density at radius 3 is 2.11 bits per heavy atom. The fraction of sp³-hybridized carbons (Fsp3) is 0.846. The Balaban J connectivity index is 1.49. The summed E-state index contributed by atoms with van der Waals surface area (Å²) in [5.41, 5.74) is 0. The van der Waals surface area contributed by atoms with Gasteiger partial charge in [-0.1, -0.05) is 0 Å². The third-order valence-corrected chi connectivity index (χ3v) is 4.46. The highest BCUT2D eigenvalue weighted by Crippen LogP contribution is 2.27. The number of carbonyl (C=O) groups is 2. The quantitative estimate of drug-likeness (QED) is 0.781. The second-order valence-electron chi connectivity index (χ2n) is 5.81. The monoisotopic (exact) mass is 267 g/mol. The molecule has 0 bridgehead atoms. The molecule has 3 rings (SSSR count). The number of piperazine rings is 1. The van der Waals surface area contributed by atoms with E-state index in [0.717, 1.165) is 32.2 Å². The Morgan fingerprint density at radius 2 is 1.58 bits per heavy atom. The average Bonchev–Trinajstić information content (AvgIpc) is 3.14. The third-order valence-electron chi connectivity index (χ3n) is 4.46. The topological polar surface area (TPSA) is 64.1 Å². The van der Waals surface area contributed by atoms with Crippen LogP contribution in [0.15, 0.2) is 0 Å². The van der Waals surface area contributed by atoms with Gasteiger partial charge in [-0.3, -0.25) is 9.69 Å². The van der Waals surface area contributed by atoms with Crippen molar-refractivity contribution < 1.29 is 14.7 Å². The van der Waals surface area contributed by atoms with Crippen LogP contribution < -0.4 is 0 Å². The molecule has 0 aromatic carbocycles. The summed E-state index contributed by atoms with van der Waals surface area (Å²) < 4.78 is 0. The van der Waals surface area contributed by atoms with Crippen LogP contribution in [-0.4, -0.2) is 77.1 Å². The van der Waals surface area contributed by atoms with Gasteiger partial charge in [0.2, 0.25) is 0 Å². The molecule has 3 fully saturated rings. The highest BCUT2D eigenvalue weighted by Gasteiger charge is 2.36. The van der Waals surface area contributed by atoms with Crippen LogP contribution in [0.3, 0.4) is 0 Å². The number of amides is 2. The number of carboxylic acids is 1. The summed E-state index contributed by atoms with van der Waals surface area (Å²) in [4.78, 5) is 29.3. The maximum Gasteiger partial charge on any atom is 0.320 e. The minimum Gasteiger partial charge on any atom is -0.481 e. The van der Waals surface area contributed by atoms with Gasteiger partial charge in [-0.2, -0.15) is 0 Å². The highest BCUT2D eigenvalue weighted by atomic mass is 16.4. The second-order valence-corrected chi connectivity index (χ2v) is 5.81. The zero-order chi connectivity index (χ0) is 13.4. The van der Waals surface area contributed by atoms with Crippen LogP contribution in [0.2, 0.25) is 0 Å². The lowest BCUT2D eigenvalue weighted by atomic mass is 10.1. The van der Waals surface area contributed by atoms with E-state index >= 15 is 0 Å². The van der Waals surface area contributed by atoms with Crippen LogP contribution in [-0.2, 0) is 4.79 Å². The molecule has 6 heteroatoms. The molecule has 0 spiro atoms. The van der Waals surface area contributed by atoms with E-state index < -0.39 is 5.97 Å². The number of carbonyl (C=O) groups excluding carboxylic acids is 1. The van der Waals surface area contributed by atoms with Crippen molar-refractivity contribution in [3.63, 3.8) is 0 Å². The van der Waals surface area contributed by atoms with Crippen LogP contribution in [0.5, 0.6) is 0 Å². The molecule has 1 aliphatic carbocycles.